The van der Waals surface area contributed by atoms with Crippen LogP contribution in [0.2, 0.25) is 0 Å². The van der Waals surface area contributed by atoms with Gasteiger partial charge >= 0.3 is 0 Å². The van der Waals surface area contributed by atoms with E-state index in [1.54, 1.807) is 0 Å². The molecule has 0 saturated carbocycles. The van der Waals surface area contributed by atoms with Gasteiger partial charge in [-0.05, 0) is 19.3 Å². The van der Waals surface area contributed by atoms with E-state index >= 15 is 0 Å². The zero-order chi connectivity index (χ0) is 14.8. The molecule has 0 atom stereocenters. The molecule has 21 heavy (non-hydrogen) atoms. The van der Waals surface area contributed by atoms with Gasteiger partial charge in [-0.1, -0.05) is 6.92 Å². The van der Waals surface area contributed by atoms with Crippen molar-refractivity contribution in [1.29, 1.82) is 0 Å². The van der Waals surface area contributed by atoms with Crippen molar-refractivity contribution in [2.45, 2.75) is 45.7 Å². The predicted octanol–water partition coefficient (Wildman–Crippen LogP) is 1.75. The van der Waals surface area contributed by atoms with E-state index in [4.69, 9.17) is 5.73 Å². The number of carbonyl (C=O) groups excluding carboxylic acids is 1. The van der Waals surface area contributed by atoms with E-state index in [0.717, 1.165) is 35.9 Å². The molecule has 1 aliphatic rings. The fraction of sp³-hybridized carbons (Fsp3) is 0.500. The first-order chi connectivity index (χ1) is 10.2. The second kappa shape index (κ2) is 5.85. The highest BCUT2D eigenvalue weighted by atomic mass is 32.1. The molecule has 0 radical (unpaired) electrons. The second-order valence-corrected chi connectivity index (χ2v) is 6.25. The van der Waals surface area contributed by atoms with E-state index < -0.39 is 0 Å². The maximum atomic E-state index is 12.2. The van der Waals surface area contributed by atoms with Gasteiger partial charge in [0, 0.05) is 13.0 Å². The van der Waals surface area contributed by atoms with Crippen LogP contribution in [0.4, 0.5) is 5.00 Å². The summed E-state index contributed by atoms with van der Waals surface area (Å²) >= 11 is 1.38. The summed E-state index contributed by atoms with van der Waals surface area (Å²) in [5.74, 6) is 0.904. The maximum Gasteiger partial charge on any atom is 0.273 e. The minimum atomic E-state index is -0.213. The van der Waals surface area contributed by atoms with Gasteiger partial charge in [-0.25, -0.2) is 9.97 Å². The molecule has 1 aliphatic heterocycles. The van der Waals surface area contributed by atoms with Crippen LogP contribution in [0.3, 0.4) is 0 Å². The molecule has 3 rings (SSSR count). The molecule has 0 spiro atoms. The van der Waals surface area contributed by atoms with Gasteiger partial charge in [-0.2, -0.15) is 0 Å². The van der Waals surface area contributed by atoms with Crippen LogP contribution in [0.25, 0.3) is 0 Å². The number of aromatic nitrogens is 3. The fourth-order valence-corrected chi connectivity index (χ4v) is 3.34. The molecule has 0 bridgehead atoms. The number of nitrogens with one attached hydrogen (secondary N) is 1. The third-order valence-corrected chi connectivity index (χ3v) is 4.73. The number of aryl methyl sites for hydroxylation is 2. The monoisotopic (exact) mass is 305 g/mol. The summed E-state index contributed by atoms with van der Waals surface area (Å²) in [4.78, 5) is 20.9. The molecule has 3 heterocycles. The van der Waals surface area contributed by atoms with Crippen LogP contribution in [0.15, 0.2) is 6.20 Å². The third kappa shape index (κ3) is 2.78. The normalized spacial score (nSPS) is 14.0. The molecule has 0 aliphatic carbocycles. The summed E-state index contributed by atoms with van der Waals surface area (Å²) < 4.78 is 2.20. The van der Waals surface area contributed by atoms with Crippen LogP contribution in [0, 0.1) is 0 Å². The van der Waals surface area contributed by atoms with Crippen molar-refractivity contribution in [2.75, 3.05) is 5.73 Å². The quantitative estimate of drug-likeness (QED) is 0.901. The maximum absolute atomic E-state index is 12.2. The molecule has 1 amide bonds. The van der Waals surface area contributed by atoms with Crippen LogP contribution in [0.5, 0.6) is 0 Å². The smallest absolute Gasteiger partial charge is 0.273 e. The van der Waals surface area contributed by atoms with Gasteiger partial charge in [0.1, 0.15) is 10.8 Å². The summed E-state index contributed by atoms with van der Waals surface area (Å²) in [5.41, 5.74) is 7.24. The van der Waals surface area contributed by atoms with Crippen LogP contribution in [-0.4, -0.2) is 20.4 Å². The Kier molecular flexibility index (Phi) is 3.92. The van der Waals surface area contributed by atoms with Gasteiger partial charge < -0.3 is 15.6 Å². The molecule has 0 saturated heterocycles. The number of imidazole rings is 1. The number of amides is 1. The van der Waals surface area contributed by atoms with Gasteiger partial charge in [0.05, 0.1) is 23.4 Å². The molecule has 0 aromatic carbocycles. The molecule has 6 nitrogen and oxygen atoms in total. The highest BCUT2D eigenvalue weighted by molar-refractivity contribution is 7.15. The highest BCUT2D eigenvalue weighted by Crippen LogP contribution is 2.21. The number of anilines is 1. The number of fused-ring (bicyclic) bond motifs is 1. The van der Waals surface area contributed by atoms with Crippen molar-refractivity contribution in [1.82, 2.24) is 19.9 Å². The van der Waals surface area contributed by atoms with Gasteiger partial charge in [0.15, 0.2) is 5.69 Å². The second-order valence-electron chi connectivity index (χ2n) is 5.13. The van der Waals surface area contributed by atoms with Crippen LogP contribution >= 0.6 is 11.3 Å². The van der Waals surface area contributed by atoms with E-state index in [0.29, 0.717) is 17.2 Å². The van der Waals surface area contributed by atoms with E-state index in [9.17, 15) is 4.79 Å². The van der Waals surface area contributed by atoms with Crippen LogP contribution in [-0.2, 0) is 25.9 Å². The number of nitrogen functional groups attached to an aromatic ring is 1. The molecular formula is C14H19N5OS. The standard InChI is InChI=1S/C14H19N5OS/c1-2-11-18-12(13(15)21-11)14(20)17-8-9-7-16-10-5-3-4-6-19(9)10/h7H,2-6,8,15H2,1H3,(H,17,20). The largest absolute Gasteiger partial charge is 0.389 e. The lowest BCUT2D eigenvalue weighted by Gasteiger charge is -2.16. The minimum absolute atomic E-state index is 0.213. The van der Waals surface area contributed by atoms with Crippen molar-refractivity contribution >= 4 is 22.2 Å². The van der Waals surface area contributed by atoms with Crippen molar-refractivity contribution in [3.05, 3.63) is 28.4 Å². The predicted molar refractivity (Wildman–Crippen MR) is 82.2 cm³/mol. The zero-order valence-electron chi connectivity index (χ0n) is 12.1. The topological polar surface area (TPSA) is 85.8 Å². The van der Waals surface area contributed by atoms with Crippen molar-refractivity contribution in [3.8, 4) is 0 Å². The number of hydrogen-bond donors (Lipinski definition) is 2. The lowest BCUT2D eigenvalue weighted by molar-refractivity contribution is 0.0946. The number of nitrogens with two attached hydrogens (primary N) is 1. The summed E-state index contributed by atoms with van der Waals surface area (Å²) in [7, 11) is 0. The molecule has 0 unspecified atom stereocenters. The summed E-state index contributed by atoms with van der Waals surface area (Å²) in [6, 6.07) is 0. The first-order valence-electron chi connectivity index (χ1n) is 7.25. The Bertz CT molecular complexity index is 660. The number of nitrogens with zero attached hydrogens (tertiary/aromatic N) is 3. The van der Waals surface area contributed by atoms with Crippen LogP contribution < -0.4 is 11.1 Å². The van der Waals surface area contributed by atoms with Gasteiger partial charge in [0.25, 0.3) is 5.91 Å². The lowest BCUT2D eigenvalue weighted by atomic mass is 10.1. The molecular weight excluding hydrogens is 286 g/mol. The molecule has 0 fully saturated rings. The van der Waals surface area contributed by atoms with E-state index in [-0.39, 0.29) is 5.91 Å². The van der Waals surface area contributed by atoms with E-state index in [1.165, 1.54) is 24.2 Å². The first-order valence-corrected chi connectivity index (χ1v) is 8.07. The molecule has 2 aromatic heterocycles. The van der Waals surface area contributed by atoms with E-state index in [1.807, 2.05) is 13.1 Å². The van der Waals surface area contributed by atoms with Crippen molar-refractivity contribution in [3.63, 3.8) is 0 Å². The van der Waals surface area contributed by atoms with Gasteiger partial charge in [0.2, 0.25) is 0 Å². The highest BCUT2D eigenvalue weighted by Gasteiger charge is 2.18. The third-order valence-electron chi connectivity index (χ3n) is 3.70. The average Bonchev–Trinajstić information content (AvgIpc) is 3.08. The SMILES string of the molecule is CCc1nc(C(=O)NCc2cnc3n2CCCC3)c(N)s1. The Morgan fingerprint density at radius 3 is 3.14 bits per heavy atom. The molecule has 7 heteroatoms. The Morgan fingerprint density at radius 1 is 1.52 bits per heavy atom. The Balaban J connectivity index is 1.68. The molecule has 3 N–H and O–H groups in total. The number of hydrogen-bond acceptors (Lipinski definition) is 5. The average molecular weight is 305 g/mol. The first kappa shape index (κ1) is 14.1. The van der Waals surface area contributed by atoms with E-state index in [2.05, 4.69) is 19.9 Å². The lowest BCUT2D eigenvalue weighted by Crippen LogP contribution is -2.26. The van der Waals surface area contributed by atoms with Crippen LogP contribution in [0.1, 0.15) is 46.8 Å². The number of carbonyl (C=O) groups is 1. The summed E-state index contributed by atoms with van der Waals surface area (Å²) in [6.45, 7) is 3.45. The summed E-state index contributed by atoms with van der Waals surface area (Å²) in [5, 5.41) is 4.27. The van der Waals surface area contributed by atoms with Gasteiger partial charge in [-0.15, -0.1) is 11.3 Å². The minimum Gasteiger partial charge on any atom is -0.389 e. The Hall–Kier alpha value is -1.89. The van der Waals surface area contributed by atoms with Crippen molar-refractivity contribution < 1.29 is 4.79 Å². The Morgan fingerprint density at radius 2 is 2.38 bits per heavy atom. The zero-order valence-corrected chi connectivity index (χ0v) is 12.9. The van der Waals surface area contributed by atoms with Crippen molar-refractivity contribution in [2.24, 2.45) is 0 Å². The fourth-order valence-electron chi connectivity index (χ4n) is 2.57. The number of thiazole rings is 1. The molecule has 2 aromatic rings. The Labute approximate surface area is 127 Å². The summed E-state index contributed by atoms with van der Waals surface area (Å²) in [6.07, 6.45) is 6.02. The molecule has 112 valence electrons. The van der Waals surface area contributed by atoms with Gasteiger partial charge in [-0.3, -0.25) is 4.79 Å². The number of rotatable bonds is 4.